The molecule has 8 aromatic carbocycles. The van der Waals surface area contributed by atoms with E-state index in [1.54, 1.807) is 0 Å². The van der Waals surface area contributed by atoms with Crippen molar-refractivity contribution in [2.24, 2.45) is 0 Å². The van der Waals surface area contributed by atoms with E-state index in [2.05, 4.69) is 98.8 Å². The Morgan fingerprint density at radius 1 is 0.538 bits per heavy atom. The van der Waals surface area contributed by atoms with E-state index in [0.717, 1.165) is 71.3 Å². The van der Waals surface area contributed by atoms with E-state index in [1.807, 2.05) is 23.5 Å². The van der Waals surface area contributed by atoms with Crippen LogP contribution in [0.15, 0.2) is 102 Å². The molecule has 0 radical (unpaired) electrons. The zero-order chi connectivity index (χ0) is 34.8. The van der Waals surface area contributed by atoms with Gasteiger partial charge in [-0.15, -0.1) is 0 Å². The van der Waals surface area contributed by atoms with Crippen molar-refractivity contribution in [2.75, 3.05) is 0 Å². The Kier molecular flexibility index (Phi) is 6.20. The van der Waals surface area contributed by atoms with Crippen LogP contribution in [0.5, 0.6) is 0 Å². The highest BCUT2D eigenvalue weighted by Crippen LogP contribution is 2.55. The zero-order valence-electron chi connectivity index (χ0n) is 29.7. The van der Waals surface area contributed by atoms with Gasteiger partial charge in [0.2, 0.25) is 0 Å². The topological polar surface area (TPSA) is 47.3 Å². The second kappa shape index (κ2) is 10.8. The maximum Gasteiger partial charge on any atom is 0.265 e. The van der Waals surface area contributed by atoms with Crippen molar-refractivity contribution in [3.05, 3.63) is 124 Å². The van der Waals surface area contributed by atoms with Gasteiger partial charge >= 0.3 is 0 Å². The van der Waals surface area contributed by atoms with Gasteiger partial charge in [-0.2, -0.15) is 0 Å². The summed E-state index contributed by atoms with van der Waals surface area (Å²) < 4.78 is 1.83. The van der Waals surface area contributed by atoms with E-state index in [-0.39, 0.29) is 5.56 Å². The molecule has 0 aliphatic rings. The summed E-state index contributed by atoms with van der Waals surface area (Å²) in [6.45, 7) is 6.49. The first-order chi connectivity index (χ1) is 25.6. The van der Waals surface area contributed by atoms with Crippen LogP contribution in [0.1, 0.15) is 56.4 Å². The number of rotatable bonds is 8. The summed E-state index contributed by atoms with van der Waals surface area (Å²) in [7, 11) is 0. The highest BCUT2D eigenvalue weighted by atomic mass is 16.1. The SMILES string of the molecule is CCCCc1ccccc1-c1cc2c3c(=O)n4c5ccc(C)nc5nc4c3c3cc(-c4ccccc4CCCC)c4ccc5ccc1c1c5c4c3c21. The lowest BCUT2D eigenvalue weighted by Crippen LogP contribution is -2.06. The van der Waals surface area contributed by atoms with Crippen LogP contribution in [0.3, 0.4) is 0 Å². The molecule has 0 aliphatic carbocycles. The fraction of sp³-hybridized carbons (Fsp3) is 0.188. The van der Waals surface area contributed by atoms with Gasteiger partial charge < -0.3 is 0 Å². The molecule has 4 heteroatoms. The van der Waals surface area contributed by atoms with Crippen molar-refractivity contribution in [2.45, 2.75) is 59.3 Å². The Labute approximate surface area is 300 Å². The van der Waals surface area contributed by atoms with E-state index >= 15 is 4.79 Å². The summed E-state index contributed by atoms with van der Waals surface area (Å²) in [5.74, 6) is 0. The third-order valence-corrected chi connectivity index (χ3v) is 11.9. The largest absolute Gasteiger partial charge is 0.268 e. The molecule has 0 aliphatic heterocycles. The molecule has 0 atom stereocenters. The number of hydrogen-bond acceptors (Lipinski definition) is 3. The standard InChI is InChI=1S/C48H37N3O/c1-4-6-12-27-14-8-10-16-30(27)34-24-36-42-40-32(34)21-19-29-20-22-33-35(31-17-11-9-15-28(31)13-7-5-2)25-37(43(42)41(33)39(29)40)45-44(36)47-50-46-38(51(47)48(45)52)23-18-26(3)49-46/h8-11,14-25H,4-7,12-13H2,1-3H3. The maximum atomic E-state index is 15.1. The van der Waals surface area contributed by atoms with Gasteiger partial charge in [0.05, 0.1) is 10.9 Å². The van der Waals surface area contributed by atoms with Crippen LogP contribution in [-0.2, 0) is 12.8 Å². The molecule has 0 N–H and O–H groups in total. The third kappa shape index (κ3) is 3.79. The van der Waals surface area contributed by atoms with Crippen LogP contribution in [-0.4, -0.2) is 14.4 Å². The van der Waals surface area contributed by atoms with E-state index in [4.69, 9.17) is 9.97 Å². The Bertz CT molecular complexity index is 3240. The van der Waals surface area contributed by atoms with E-state index in [9.17, 15) is 0 Å². The van der Waals surface area contributed by atoms with Crippen molar-refractivity contribution in [3.8, 4) is 22.3 Å². The second-order valence-corrected chi connectivity index (χ2v) is 14.9. The molecular weight excluding hydrogens is 635 g/mol. The molecule has 0 saturated carbocycles. The van der Waals surface area contributed by atoms with Gasteiger partial charge in [0.1, 0.15) is 0 Å². The van der Waals surface area contributed by atoms with Gasteiger partial charge in [-0.1, -0.05) is 99.5 Å². The van der Waals surface area contributed by atoms with E-state index in [1.165, 1.54) is 76.5 Å². The van der Waals surface area contributed by atoms with Crippen LogP contribution < -0.4 is 5.56 Å². The number of nitrogens with zero attached hydrogens (tertiary/aromatic N) is 3. The minimum Gasteiger partial charge on any atom is -0.268 e. The lowest BCUT2D eigenvalue weighted by Gasteiger charge is -2.16. The second-order valence-electron chi connectivity index (χ2n) is 14.9. The summed E-state index contributed by atoms with van der Waals surface area (Å²) in [5, 5.41) is 13.9. The van der Waals surface area contributed by atoms with Crippen LogP contribution >= 0.6 is 0 Å². The monoisotopic (exact) mass is 671 g/mol. The highest BCUT2D eigenvalue weighted by Gasteiger charge is 2.30. The fourth-order valence-electron chi connectivity index (χ4n) is 9.61. The molecule has 0 bridgehead atoms. The average Bonchev–Trinajstić information content (AvgIpc) is 3.82. The number of unbranched alkanes of at least 4 members (excludes halogenated alkanes) is 2. The highest BCUT2D eigenvalue weighted by molar-refractivity contribution is 6.50. The van der Waals surface area contributed by atoms with Crippen LogP contribution in [0.4, 0.5) is 0 Å². The minimum absolute atomic E-state index is 0.0160. The van der Waals surface area contributed by atoms with Crippen molar-refractivity contribution >= 4 is 81.4 Å². The van der Waals surface area contributed by atoms with Crippen LogP contribution in [0, 0.1) is 6.92 Å². The quantitative estimate of drug-likeness (QED) is 0.151. The molecule has 0 fully saturated rings. The molecule has 0 spiro atoms. The van der Waals surface area contributed by atoms with Gasteiger partial charge in [-0.05, 0) is 144 Å². The fourth-order valence-corrected chi connectivity index (χ4v) is 9.61. The Balaban J connectivity index is 1.40. The molecule has 250 valence electrons. The molecule has 4 nitrogen and oxygen atoms in total. The molecule has 52 heavy (non-hydrogen) atoms. The van der Waals surface area contributed by atoms with Gasteiger partial charge in [0.15, 0.2) is 11.3 Å². The number of fused-ring (bicyclic) bond motifs is 7. The minimum atomic E-state index is -0.0160. The predicted molar refractivity (Wildman–Crippen MR) is 219 cm³/mol. The lowest BCUT2D eigenvalue weighted by atomic mass is 9.87. The summed E-state index contributed by atoms with van der Waals surface area (Å²) in [4.78, 5) is 25.0. The normalized spacial score (nSPS) is 12.7. The first-order valence-corrected chi connectivity index (χ1v) is 18.9. The summed E-state index contributed by atoms with van der Waals surface area (Å²) in [6.07, 6.45) is 6.61. The number of hydrogen-bond donors (Lipinski definition) is 0. The maximum absolute atomic E-state index is 15.1. The number of pyridine rings is 1. The molecule has 0 unspecified atom stereocenters. The van der Waals surface area contributed by atoms with Gasteiger partial charge in [0, 0.05) is 11.1 Å². The van der Waals surface area contributed by atoms with Crippen molar-refractivity contribution in [1.82, 2.24) is 14.4 Å². The first kappa shape index (κ1) is 29.8. The average molecular weight is 672 g/mol. The van der Waals surface area contributed by atoms with Crippen LogP contribution in [0.2, 0.25) is 0 Å². The Hall–Kier alpha value is -5.87. The van der Waals surface area contributed by atoms with Gasteiger partial charge in [-0.3, -0.25) is 9.20 Å². The molecule has 11 rings (SSSR count). The van der Waals surface area contributed by atoms with Gasteiger partial charge in [0.25, 0.3) is 5.56 Å². The summed E-state index contributed by atoms with van der Waals surface area (Å²) in [6, 6.07) is 35.8. The lowest BCUT2D eigenvalue weighted by molar-refractivity contribution is 0.796. The van der Waals surface area contributed by atoms with E-state index < -0.39 is 0 Å². The van der Waals surface area contributed by atoms with Gasteiger partial charge in [-0.25, -0.2) is 9.97 Å². The number of imidazole rings is 1. The molecular formula is C48H37N3O. The zero-order valence-corrected chi connectivity index (χ0v) is 29.7. The molecule has 3 heterocycles. The predicted octanol–water partition coefficient (Wildman–Crippen LogP) is 12.2. The molecule has 11 aromatic rings. The number of aromatic nitrogens is 3. The molecule has 3 aromatic heterocycles. The van der Waals surface area contributed by atoms with Crippen molar-refractivity contribution < 1.29 is 0 Å². The Morgan fingerprint density at radius 2 is 1.10 bits per heavy atom. The summed E-state index contributed by atoms with van der Waals surface area (Å²) in [5.41, 5.74) is 10.6. The smallest absolute Gasteiger partial charge is 0.265 e. The molecule has 0 saturated heterocycles. The molecule has 0 amide bonds. The van der Waals surface area contributed by atoms with Crippen molar-refractivity contribution in [3.63, 3.8) is 0 Å². The van der Waals surface area contributed by atoms with E-state index in [0.29, 0.717) is 11.3 Å². The number of benzene rings is 7. The van der Waals surface area contributed by atoms with Crippen molar-refractivity contribution in [1.29, 1.82) is 0 Å². The third-order valence-electron chi connectivity index (χ3n) is 11.9. The Morgan fingerprint density at radius 3 is 1.69 bits per heavy atom. The number of aryl methyl sites for hydroxylation is 3. The first-order valence-electron chi connectivity index (χ1n) is 18.9. The summed E-state index contributed by atoms with van der Waals surface area (Å²) >= 11 is 0. The van der Waals surface area contributed by atoms with Crippen LogP contribution in [0.25, 0.3) is 104 Å².